The fourth-order valence-electron chi connectivity index (χ4n) is 2.12. The van der Waals surface area contributed by atoms with Crippen LogP contribution in [-0.4, -0.2) is 23.3 Å². The molecule has 0 bridgehead atoms. The molecule has 0 aliphatic heterocycles. The Morgan fingerprint density at radius 3 is 2.59 bits per heavy atom. The molecule has 0 saturated heterocycles. The van der Waals surface area contributed by atoms with E-state index in [2.05, 4.69) is 35.6 Å². The van der Waals surface area contributed by atoms with Crippen molar-refractivity contribution in [1.82, 2.24) is 5.32 Å². The van der Waals surface area contributed by atoms with Crippen LogP contribution < -0.4 is 5.32 Å². The van der Waals surface area contributed by atoms with Crippen molar-refractivity contribution in [3.8, 4) is 0 Å². The van der Waals surface area contributed by atoms with Crippen LogP contribution in [0.15, 0.2) is 42.5 Å². The van der Waals surface area contributed by atoms with Gasteiger partial charge in [-0.1, -0.05) is 42.5 Å². The Labute approximate surface area is 104 Å². The highest BCUT2D eigenvalue weighted by atomic mass is 32.2. The van der Waals surface area contributed by atoms with Crippen molar-refractivity contribution >= 4 is 21.6 Å². The van der Waals surface area contributed by atoms with Crippen LogP contribution in [0.3, 0.4) is 0 Å². The van der Waals surface area contributed by atoms with E-state index in [1.807, 2.05) is 19.2 Å². The smallest absolute Gasteiger partial charge is 0.0440 e. The predicted octanol–water partition coefficient (Wildman–Crippen LogP) is 2.48. The molecule has 3 heteroatoms. The Balaban J connectivity index is 2.49. The highest BCUT2D eigenvalue weighted by Crippen LogP contribution is 2.24. The van der Waals surface area contributed by atoms with Gasteiger partial charge in [0, 0.05) is 28.9 Å². The van der Waals surface area contributed by atoms with E-state index in [4.69, 9.17) is 0 Å². The van der Waals surface area contributed by atoms with Crippen molar-refractivity contribution in [2.45, 2.75) is 6.04 Å². The van der Waals surface area contributed by atoms with Crippen molar-refractivity contribution in [3.63, 3.8) is 0 Å². The van der Waals surface area contributed by atoms with Crippen LogP contribution in [-0.2, 0) is 10.8 Å². The summed E-state index contributed by atoms with van der Waals surface area (Å²) in [6.45, 7) is 0. The summed E-state index contributed by atoms with van der Waals surface area (Å²) in [5, 5.41) is 5.71. The topological polar surface area (TPSA) is 29.1 Å². The maximum absolute atomic E-state index is 11.4. The van der Waals surface area contributed by atoms with E-state index in [0.717, 1.165) is 0 Å². The average Bonchev–Trinajstić information content (AvgIpc) is 2.35. The van der Waals surface area contributed by atoms with Gasteiger partial charge in [0.2, 0.25) is 0 Å². The summed E-state index contributed by atoms with van der Waals surface area (Å²) in [5.74, 6) is 0.643. The first-order valence-electron chi connectivity index (χ1n) is 5.67. The summed E-state index contributed by atoms with van der Waals surface area (Å²) in [4.78, 5) is 0. The van der Waals surface area contributed by atoms with E-state index >= 15 is 0 Å². The highest BCUT2D eigenvalue weighted by Gasteiger charge is 2.13. The summed E-state index contributed by atoms with van der Waals surface area (Å²) in [5.41, 5.74) is 1.22. The lowest BCUT2D eigenvalue weighted by molar-refractivity contribution is 0.641. The third kappa shape index (κ3) is 2.73. The van der Waals surface area contributed by atoms with E-state index in [-0.39, 0.29) is 6.04 Å². The zero-order chi connectivity index (χ0) is 12.3. The maximum Gasteiger partial charge on any atom is 0.0440 e. The molecule has 90 valence electrons. The van der Waals surface area contributed by atoms with Crippen LogP contribution in [0.4, 0.5) is 0 Å². The number of hydrogen-bond donors (Lipinski definition) is 1. The minimum Gasteiger partial charge on any atom is -0.312 e. The van der Waals surface area contributed by atoms with Gasteiger partial charge in [-0.15, -0.1) is 0 Å². The van der Waals surface area contributed by atoms with Gasteiger partial charge >= 0.3 is 0 Å². The van der Waals surface area contributed by atoms with Gasteiger partial charge in [-0.05, 0) is 23.4 Å². The normalized spacial score (nSPS) is 14.7. The molecular weight excluding hydrogens is 230 g/mol. The van der Waals surface area contributed by atoms with Gasteiger partial charge in [0.25, 0.3) is 0 Å². The monoisotopic (exact) mass is 247 g/mol. The quantitative estimate of drug-likeness (QED) is 0.899. The van der Waals surface area contributed by atoms with Crippen LogP contribution in [0, 0.1) is 0 Å². The molecule has 0 aliphatic carbocycles. The third-order valence-corrected chi connectivity index (χ3v) is 3.75. The van der Waals surface area contributed by atoms with Crippen molar-refractivity contribution < 1.29 is 4.21 Å². The largest absolute Gasteiger partial charge is 0.312 e. The third-order valence-electron chi connectivity index (χ3n) is 2.95. The van der Waals surface area contributed by atoms with Crippen LogP contribution in [0.25, 0.3) is 10.8 Å². The number of benzene rings is 2. The molecule has 17 heavy (non-hydrogen) atoms. The molecule has 2 nitrogen and oxygen atoms in total. The van der Waals surface area contributed by atoms with Crippen molar-refractivity contribution in [1.29, 1.82) is 0 Å². The Morgan fingerprint density at radius 2 is 1.88 bits per heavy atom. The number of nitrogens with one attached hydrogen (secondary N) is 1. The Hall–Kier alpha value is -1.19. The minimum atomic E-state index is -0.801. The molecule has 0 spiro atoms. The van der Waals surface area contributed by atoms with Gasteiger partial charge in [0.05, 0.1) is 0 Å². The number of rotatable bonds is 4. The van der Waals surface area contributed by atoms with Crippen LogP contribution in [0.2, 0.25) is 0 Å². The summed E-state index contributed by atoms with van der Waals surface area (Å²) in [7, 11) is 1.11. The first-order valence-corrected chi connectivity index (χ1v) is 7.40. The molecule has 2 aromatic carbocycles. The molecule has 0 aliphatic rings. The molecule has 2 rings (SSSR count). The van der Waals surface area contributed by atoms with E-state index in [1.54, 1.807) is 6.26 Å². The lowest BCUT2D eigenvalue weighted by Crippen LogP contribution is -2.22. The molecule has 0 radical (unpaired) electrons. The lowest BCUT2D eigenvalue weighted by atomic mass is 10.00. The fourth-order valence-corrected chi connectivity index (χ4v) is 2.93. The highest BCUT2D eigenvalue weighted by molar-refractivity contribution is 7.84. The summed E-state index contributed by atoms with van der Waals surface area (Å²) >= 11 is 0. The maximum atomic E-state index is 11.4. The first kappa shape index (κ1) is 12.3. The lowest BCUT2D eigenvalue weighted by Gasteiger charge is -2.17. The van der Waals surface area contributed by atoms with Crippen LogP contribution in [0.1, 0.15) is 11.6 Å². The summed E-state index contributed by atoms with van der Waals surface area (Å²) in [6, 6.07) is 14.7. The molecule has 0 saturated carbocycles. The summed E-state index contributed by atoms with van der Waals surface area (Å²) < 4.78 is 11.4. The van der Waals surface area contributed by atoms with Crippen molar-refractivity contribution in [2.24, 2.45) is 0 Å². The summed E-state index contributed by atoms with van der Waals surface area (Å²) in [6.07, 6.45) is 1.75. The minimum absolute atomic E-state index is 0.145. The van der Waals surface area contributed by atoms with Gasteiger partial charge in [-0.25, -0.2) is 0 Å². The SMILES string of the molecule is CNC(CS(C)=O)c1cccc2ccccc12. The van der Waals surface area contributed by atoms with E-state index in [1.165, 1.54) is 16.3 Å². The van der Waals surface area contributed by atoms with Gasteiger partial charge < -0.3 is 5.32 Å². The Bertz CT molecular complexity index is 533. The molecular formula is C14H17NOS. The second-order valence-corrected chi connectivity index (χ2v) is 5.63. The van der Waals surface area contributed by atoms with E-state index in [0.29, 0.717) is 5.75 Å². The zero-order valence-corrected chi connectivity index (χ0v) is 11.0. The van der Waals surface area contributed by atoms with Gasteiger partial charge in [-0.2, -0.15) is 0 Å². The molecule has 0 aromatic heterocycles. The van der Waals surface area contributed by atoms with E-state index in [9.17, 15) is 4.21 Å². The predicted molar refractivity (Wildman–Crippen MR) is 74.7 cm³/mol. The molecule has 2 atom stereocenters. The van der Waals surface area contributed by atoms with E-state index < -0.39 is 10.8 Å². The Kier molecular flexibility index (Phi) is 3.92. The van der Waals surface area contributed by atoms with Crippen LogP contribution in [0.5, 0.6) is 0 Å². The van der Waals surface area contributed by atoms with Crippen LogP contribution >= 0.6 is 0 Å². The molecule has 2 unspecified atom stereocenters. The van der Waals surface area contributed by atoms with Crippen molar-refractivity contribution in [2.75, 3.05) is 19.1 Å². The van der Waals surface area contributed by atoms with Gasteiger partial charge in [0.15, 0.2) is 0 Å². The number of hydrogen-bond acceptors (Lipinski definition) is 2. The molecule has 2 aromatic rings. The number of fused-ring (bicyclic) bond motifs is 1. The standard InChI is InChI=1S/C14H17NOS/c1-15-14(10-17(2)16)13-9-5-7-11-6-3-4-8-12(11)13/h3-9,14-15H,10H2,1-2H3. The van der Waals surface area contributed by atoms with Gasteiger partial charge in [0.1, 0.15) is 0 Å². The first-order chi connectivity index (χ1) is 8.22. The molecule has 0 heterocycles. The Morgan fingerprint density at radius 1 is 1.18 bits per heavy atom. The average molecular weight is 247 g/mol. The second-order valence-electron chi connectivity index (χ2n) is 4.15. The fraction of sp³-hybridized carbons (Fsp3) is 0.286. The van der Waals surface area contributed by atoms with Gasteiger partial charge in [-0.3, -0.25) is 4.21 Å². The molecule has 0 fully saturated rings. The van der Waals surface area contributed by atoms with Crippen molar-refractivity contribution in [3.05, 3.63) is 48.0 Å². The molecule has 1 N–H and O–H groups in total. The molecule has 0 amide bonds. The zero-order valence-electron chi connectivity index (χ0n) is 10.1. The second kappa shape index (κ2) is 5.43.